The Morgan fingerprint density at radius 3 is 2.48 bits per heavy atom. The van der Waals surface area contributed by atoms with E-state index in [1.165, 1.54) is 23.4 Å². The number of esters is 1. The molecule has 3 rings (SSSR count). The van der Waals surface area contributed by atoms with Gasteiger partial charge in [-0.2, -0.15) is 4.31 Å². The molecule has 1 aliphatic heterocycles. The summed E-state index contributed by atoms with van der Waals surface area (Å²) in [4.78, 5) is 27.3. The molecule has 7 nitrogen and oxygen atoms in total. The third kappa shape index (κ3) is 4.50. The van der Waals surface area contributed by atoms with E-state index in [2.05, 4.69) is 0 Å². The molecule has 0 fully saturated rings. The number of carbonyl (C=O) groups is 2. The molecule has 8 heteroatoms. The molecule has 0 bridgehead atoms. The molecule has 31 heavy (non-hydrogen) atoms. The molecular formula is C23H28N2O5S. The highest BCUT2D eigenvalue weighted by atomic mass is 32.2. The zero-order valence-electron chi connectivity index (χ0n) is 18.3. The van der Waals surface area contributed by atoms with E-state index in [0.29, 0.717) is 25.2 Å². The Morgan fingerprint density at radius 2 is 1.81 bits per heavy atom. The Hall–Kier alpha value is -2.71. The summed E-state index contributed by atoms with van der Waals surface area (Å²) in [5.74, 6) is -1.04. The summed E-state index contributed by atoms with van der Waals surface area (Å²) in [7, 11) is -3.73. The van der Waals surface area contributed by atoms with Gasteiger partial charge in [0.2, 0.25) is 10.0 Å². The number of rotatable bonds is 7. The zero-order valence-corrected chi connectivity index (χ0v) is 19.1. The lowest BCUT2D eigenvalue weighted by Gasteiger charge is -2.22. The third-order valence-electron chi connectivity index (χ3n) is 5.53. The van der Waals surface area contributed by atoms with E-state index in [1.807, 2.05) is 24.3 Å². The van der Waals surface area contributed by atoms with Crippen molar-refractivity contribution >= 4 is 27.6 Å². The summed E-state index contributed by atoms with van der Waals surface area (Å²) in [5, 5.41) is 0. The minimum atomic E-state index is -3.73. The fraction of sp³-hybridized carbons (Fsp3) is 0.391. The van der Waals surface area contributed by atoms with Crippen molar-refractivity contribution < 1.29 is 22.7 Å². The molecule has 0 aliphatic carbocycles. The Kier molecular flexibility index (Phi) is 6.81. The van der Waals surface area contributed by atoms with Gasteiger partial charge in [0.25, 0.3) is 5.91 Å². The number of carbonyl (C=O) groups excluding carboxylic acids is 2. The molecule has 2 aromatic carbocycles. The van der Waals surface area contributed by atoms with Crippen molar-refractivity contribution in [3.63, 3.8) is 0 Å². The van der Waals surface area contributed by atoms with Crippen molar-refractivity contribution in [2.24, 2.45) is 0 Å². The van der Waals surface area contributed by atoms with Gasteiger partial charge >= 0.3 is 5.97 Å². The van der Waals surface area contributed by atoms with Crippen LogP contribution >= 0.6 is 0 Å². The maximum atomic E-state index is 12.9. The van der Waals surface area contributed by atoms with Crippen molar-refractivity contribution in [1.82, 2.24) is 4.31 Å². The quantitative estimate of drug-likeness (QED) is 0.613. The average molecular weight is 445 g/mol. The highest BCUT2D eigenvalue weighted by Gasteiger charge is 2.31. The molecule has 1 heterocycles. The number of ether oxygens (including phenoxy) is 1. The van der Waals surface area contributed by atoms with Gasteiger partial charge in [0, 0.05) is 25.3 Å². The minimum Gasteiger partial charge on any atom is -0.449 e. The van der Waals surface area contributed by atoms with Gasteiger partial charge in [-0.05, 0) is 49.6 Å². The van der Waals surface area contributed by atoms with E-state index in [0.717, 1.165) is 17.7 Å². The first-order chi connectivity index (χ1) is 14.7. The summed E-state index contributed by atoms with van der Waals surface area (Å²) < 4.78 is 32.6. The standard InChI is InChI=1S/C23H28N2O5S/c1-5-24(6-2)31(28,29)21-15-19(12-11-16(21)3)23(27)30-17(4)22(26)25-14-13-18-9-7-8-10-20(18)25/h7-12,15,17H,5-6,13-14H2,1-4H3. The van der Waals surface area contributed by atoms with Crippen LogP contribution in [0.3, 0.4) is 0 Å². The number of fused-ring (bicyclic) bond motifs is 1. The maximum Gasteiger partial charge on any atom is 0.338 e. The lowest BCUT2D eigenvalue weighted by Crippen LogP contribution is -2.39. The summed E-state index contributed by atoms with van der Waals surface area (Å²) in [5.41, 5.74) is 2.55. The molecule has 0 saturated heterocycles. The second-order valence-corrected chi connectivity index (χ2v) is 9.39. The van der Waals surface area contributed by atoms with E-state index >= 15 is 0 Å². The summed E-state index contributed by atoms with van der Waals surface area (Å²) in [6.45, 7) is 7.93. The van der Waals surface area contributed by atoms with Crippen LogP contribution in [0.5, 0.6) is 0 Å². The van der Waals surface area contributed by atoms with E-state index in [1.54, 1.807) is 31.7 Å². The number of sulfonamides is 1. The number of benzene rings is 2. The molecule has 0 aromatic heterocycles. The summed E-state index contributed by atoms with van der Waals surface area (Å²) >= 11 is 0. The van der Waals surface area contributed by atoms with E-state index < -0.39 is 22.1 Å². The second-order valence-electron chi connectivity index (χ2n) is 7.49. The predicted molar refractivity (Wildman–Crippen MR) is 119 cm³/mol. The van der Waals surface area contributed by atoms with Crippen LogP contribution in [-0.2, 0) is 26.0 Å². The van der Waals surface area contributed by atoms with E-state index in [4.69, 9.17) is 4.74 Å². The molecule has 1 atom stereocenters. The molecule has 0 spiro atoms. The number of anilines is 1. The number of hydrogen-bond acceptors (Lipinski definition) is 5. The Morgan fingerprint density at radius 1 is 1.13 bits per heavy atom. The topological polar surface area (TPSA) is 84.0 Å². The fourth-order valence-electron chi connectivity index (χ4n) is 3.77. The van der Waals surface area contributed by atoms with E-state index in [9.17, 15) is 18.0 Å². The molecule has 0 radical (unpaired) electrons. The monoisotopic (exact) mass is 444 g/mol. The van der Waals surface area contributed by atoms with Crippen molar-refractivity contribution in [3.8, 4) is 0 Å². The summed E-state index contributed by atoms with van der Waals surface area (Å²) in [6.07, 6.45) is -0.240. The van der Waals surface area contributed by atoms with Gasteiger partial charge in [0.05, 0.1) is 10.5 Å². The molecule has 0 N–H and O–H groups in total. The van der Waals surface area contributed by atoms with Gasteiger partial charge in [-0.3, -0.25) is 4.79 Å². The number of amides is 1. The molecule has 0 saturated carbocycles. The lowest BCUT2D eigenvalue weighted by atomic mass is 10.1. The highest BCUT2D eigenvalue weighted by molar-refractivity contribution is 7.89. The van der Waals surface area contributed by atoms with Gasteiger partial charge in [0.15, 0.2) is 6.10 Å². The molecule has 1 aliphatic rings. The predicted octanol–water partition coefficient (Wildman–Crippen LogP) is 3.16. The van der Waals surface area contributed by atoms with Crippen LogP contribution < -0.4 is 4.90 Å². The van der Waals surface area contributed by atoms with Crippen LogP contribution in [0.2, 0.25) is 0 Å². The van der Waals surface area contributed by atoms with Crippen LogP contribution in [0, 0.1) is 6.92 Å². The van der Waals surface area contributed by atoms with Gasteiger partial charge in [0.1, 0.15) is 0 Å². The Labute approximate surface area is 183 Å². The number of para-hydroxylation sites is 1. The second kappa shape index (κ2) is 9.20. The fourth-order valence-corrected chi connectivity index (χ4v) is 5.48. The van der Waals surface area contributed by atoms with Crippen molar-refractivity contribution in [3.05, 3.63) is 59.2 Å². The highest BCUT2D eigenvalue weighted by Crippen LogP contribution is 2.28. The van der Waals surface area contributed by atoms with Crippen LogP contribution in [0.15, 0.2) is 47.4 Å². The van der Waals surface area contributed by atoms with Crippen LogP contribution in [0.1, 0.15) is 42.3 Å². The van der Waals surface area contributed by atoms with Gasteiger partial charge < -0.3 is 9.64 Å². The summed E-state index contributed by atoms with van der Waals surface area (Å²) in [6, 6.07) is 12.1. The number of hydrogen-bond donors (Lipinski definition) is 0. The molecule has 1 unspecified atom stereocenters. The average Bonchev–Trinajstić information content (AvgIpc) is 3.18. The van der Waals surface area contributed by atoms with Crippen molar-refractivity contribution in [2.75, 3.05) is 24.5 Å². The van der Waals surface area contributed by atoms with Crippen LogP contribution in [-0.4, -0.2) is 50.3 Å². The molecular weight excluding hydrogens is 416 g/mol. The lowest BCUT2D eigenvalue weighted by molar-refractivity contribution is -0.126. The number of aryl methyl sites for hydroxylation is 1. The Bertz CT molecular complexity index is 1090. The van der Waals surface area contributed by atoms with Crippen molar-refractivity contribution in [2.45, 2.75) is 45.1 Å². The number of nitrogens with zero attached hydrogens (tertiary/aromatic N) is 2. The largest absolute Gasteiger partial charge is 0.449 e. The van der Waals surface area contributed by atoms with Crippen LogP contribution in [0.4, 0.5) is 5.69 Å². The molecule has 1 amide bonds. The SMILES string of the molecule is CCN(CC)S(=O)(=O)c1cc(C(=O)OC(C)C(=O)N2CCc3ccccc32)ccc1C. The first kappa shape index (κ1) is 23.0. The first-order valence-electron chi connectivity index (χ1n) is 10.4. The Balaban J connectivity index is 1.79. The molecule has 2 aromatic rings. The third-order valence-corrected chi connectivity index (χ3v) is 7.72. The van der Waals surface area contributed by atoms with E-state index in [-0.39, 0.29) is 16.4 Å². The molecule has 166 valence electrons. The van der Waals surface area contributed by atoms with Gasteiger partial charge in [-0.1, -0.05) is 38.1 Å². The van der Waals surface area contributed by atoms with Gasteiger partial charge in [-0.25, -0.2) is 13.2 Å². The smallest absolute Gasteiger partial charge is 0.338 e. The maximum absolute atomic E-state index is 12.9. The van der Waals surface area contributed by atoms with Crippen LogP contribution in [0.25, 0.3) is 0 Å². The normalized spacial score (nSPS) is 14.4. The minimum absolute atomic E-state index is 0.0677. The first-order valence-corrected chi connectivity index (χ1v) is 11.9. The zero-order chi connectivity index (χ0) is 22.8. The van der Waals surface area contributed by atoms with Crippen molar-refractivity contribution in [1.29, 1.82) is 0 Å². The van der Waals surface area contributed by atoms with Gasteiger partial charge in [-0.15, -0.1) is 0 Å².